The molecule has 0 aromatic rings. The van der Waals surface area contributed by atoms with E-state index in [1.54, 1.807) is 0 Å². The summed E-state index contributed by atoms with van der Waals surface area (Å²) in [5, 5.41) is 0. The Morgan fingerprint density at radius 3 is 2.37 bits per heavy atom. The highest BCUT2D eigenvalue weighted by Gasteiger charge is 2.41. The Hall–Kier alpha value is -0.160. The molecule has 3 rings (SSSR count). The Morgan fingerprint density at radius 1 is 1.05 bits per heavy atom. The van der Waals surface area contributed by atoms with Crippen LogP contribution in [0.15, 0.2) is 0 Å². The first kappa shape index (κ1) is 13.8. The highest BCUT2D eigenvalue weighted by molar-refractivity contribution is 4.97. The third kappa shape index (κ3) is 2.82. The molecule has 0 bridgehead atoms. The molecule has 4 heteroatoms. The molecule has 0 amide bonds. The van der Waals surface area contributed by atoms with Crippen LogP contribution < -0.4 is 5.73 Å². The third-order valence-electron chi connectivity index (χ3n) is 5.50. The van der Waals surface area contributed by atoms with Gasteiger partial charge in [0.1, 0.15) is 0 Å². The maximum atomic E-state index is 6.05. The lowest BCUT2D eigenvalue weighted by Crippen LogP contribution is -2.59. The van der Waals surface area contributed by atoms with Crippen molar-refractivity contribution in [3.63, 3.8) is 0 Å². The van der Waals surface area contributed by atoms with Gasteiger partial charge in [-0.15, -0.1) is 0 Å². The summed E-state index contributed by atoms with van der Waals surface area (Å²) in [5.41, 5.74) is 6.20. The highest BCUT2D eigenvalue weighted by atomic mass is 16.5. The second-order valence-electron chi connectivity index (χ2n) is 6.55. The molecular weight excluding hydrogens is 238 g/mol. The van der Waals surface area contributed by atoms with Gasteiger partial charge in [-0.05, 0) is 45.2 Å². The van der Waals surface area contributed by atoms with Gasteiger partial charge >= 0.3 is 0 Å². The van der Waals surface area contributed by atoms with Gasteiger partial charge in [0.15, 0.2) is 0 Å². The van der Waals surface area contributed by atoms with Gasteiger partial charge in [0.05, 0.1) is 12.1 Å². The summed E-state index contributed by atoms with van der Waals surface area (Å²) in [6.07, 6.45) is 8.01. The lowest BCUT2D eigenvalue weighted by Gasteiger charge is -2.46. The van der Waals surface area contributed by atoms with Crippen molar-refractivity contribution in [2.75, 3.05) is 45.9 Å². The topological polar surface area (TPSA) is 41.7 Å². The number of likely N-dealkylation sites (tertiary alicyclic amines) is 2. The zero-order valence-corrected chi connectivity index (χ0v) is 12.1. The van der Waals surface area contributed by atoms with Gasteiger partial charge in [0.2, 0.25) is 0 Å². The van der Waals surface area contributed by atoms with Gasteiger partial charge in [0.25, 0.3) is 0 Å². The summed E-state index contributed by atoms with van der Waals surface area (Å²) in [5.74, 6) is 0. The summed E-state index contributed by atoms with van der Waals surface area (Å²) >= 11 is 0. The molecule has 3 aliphatic rings. The molecule has 3 saturated heterocycles. The molecule has 3 fully saturated rings. The van der Waals surface area contributed by atoms with E-state index in [4.69, 9.17) is 10.5 Å². The normalized spacial score (nSPS) is 35.8. The number of rotatable bonds is 3. The summed E-state index contributed by atoms with van der Waals surface area (Å²) in [6.45, 7) is 7.57. The number of ether oxygens (including phenoxy) is 1. The van der Waals surface area contributed by atoms with Crippen molar-refractivity contribution in [3.8, 4) is 0 Å². The van der Waals surface area contributed by atoms with Gasteiger partial charge in [-0.2, -0.15) is 0 Å². The smallest absolute Gasteiger partial charge is 0.0663 e. The Morgan fingerprint density at radius 2 is 1.79 bits per heavy atom. The van der Waals surface area contributed by atoms with Crippen LogP contribution in [0.25, 0.3) is 0 Å². The second kappa shape index (κ2) is 6.08. The minimum Gasteiger partial charge on any atom is -0.379 e. The Labute approximate surface area is 117 Å². The van der Waals surface area contributed by atoms with Gasteiger partial charge < -0.3 is 15.4 Å². The minimum atomic E-state index is 0.160. The van der Waals surface area contributed by atoms with Gasteiger partial charge in [0, 0.05) is 32.3 Å². The molecule has 3 heterocycles. The highest BCUT2D eigenvalue weighted by Crippen LogP contribution is 2.30. The average Bonchev–Trinajstić information content (AvgIpc) is 2.98. The molecule has 4 nitrogen and oxygen atoms in total. The van der Waals surface area contributed by atoms with Crippen molar-refractivity contribution in [1.82, 2.24) is 9.80 Å². The monoisotopic (exact) mass is 267 g/mol. The van der Waals surface area contributed by atoms with E-state index < -0.39 is 0 Å². The van der Waals surface area contributed by atoms with E-state index in [1.807, 2.05) is 0 Å². The third-order valence-corrected chi connectivity index (χ3v) is 5.50. The lowest BCUT2D eigenvalue weighted by atomic mass is 9.91. The van der Waals surface area contributed by atoms with E-state index in [0.29, 0.717) is 0 Å². The zero-order chi connectivity index (χ0) is 13.1. The minimum absolute atomic E-state index is 0.160. The Balaban J connectivity index is 1.53. The van der Waals surface area contributed by atoms with Crippen LogP contribution in [-0.4, -0.2) is 67.3 Å². The fourth-order valence-corrected chi connectivity index (χ4v) is 4.12. The number of nitrogens with zero attached hydrogens (tertiary/aromatic N) is 2. The van der Waals surface area contributed by atoms with E-state index in [0.717, 1.165) is 32.2 Å². The molecule has 1 atom stereocenters. The SMILES string of the molecule is NCC1(N2CCC(N3CCCCC3)CC2)CCOC1. The molecule has 3 aliphatic heterocycles. The predicted molar refractivity (Wildman–Crippen MR) is 77.2 cm³/mol. The van der Waals surface area contributed by atoms with Crippen LogP contribution >= 0.6 is 0 Å². The van der Waals surface area contributed by atoms with Crippen molar-refractivity contribution in [1.29, 1.82) is 0 Å². The fraction of sp³-hybridized carbons (Fsp3) is 1.00. The summed E-state index contributed by atoms with van der Waals surface area (Å²) in [6, 6.07) is 0.827. The molecule has 2 N–H and O–H groups in total. The number of piperidine rings is 2. The maximum Gasteiger partial charge on any atom is 0.0663 e. The first-order valence-corrected chi connectivity index (χ1v) is 8.11. The van der Waals surface area contributed by atoms with Crippen molar-refractivity contribution < 1.29 is 4.74 Å². The van der Waals surface area contributed by atoms with Crippen LogP contribution in [0.5, 0.6) is 0 Å². The Bertz CT molecular complexity index is 277. The average molecular weight is 267 g/mol. The van der Waals surface area contributed by atoms with Crippen LogP contribution in [0.3, 0.4) is 0 Å². The van der Waals surface area contributed by atoms with Gasteiger partial charge in [-0.25, -0.2) is 0 Å². The lowest BCUT2D eigenvalue weighted by molar-refractivity contribution is 0.0216. The first-order valence-electron chi connectivity index (χ1n) is 8.11. The molecule has 0 radical (unpaired) electrons. The van der Waals surface area contributed by atoms with E-state index in [2.05, 4.69) is 9.80 Å². The number of nitrogens with two attached hydrogens (primary N) is 1. The van der Waals surface area contributed by atoms with Gasteiger partial charge in [-0.3, -0.25) is 4.90 Å². The predicted octanol–water partition coefficient (Wildman–Crippen LogP) is 1.05. The van der Waals surface area contributed by atoms with Crippen LogP contribution in [0.2, 0.25) is 0 Å². The molecule has 1 unspecified atom stereocenters. The van der Waals surface area contributed by atoms with E-state index in [9.17, 15) is 0 Å². The van der Waals surface area contributed by atoms with E-state index in [-0.39, 0.29) is 5.54 Å². The van der Waals surface area contributed by atoms with Crippen molar-refractivity contribution in [2.45, 2.75) is 50.1 Å². The summed E-state index contributed by atoms with van der Waals surface area (Å²) in [7, 11) is 0. The maximum absolute atomic E-state index is 6.05. The van der Waals surface area contributed by atoms with E-state index in [1.165, 1.54) is 58.3 Å². The number of hydrogen-bond acceptors (Lipinski definition) is 4. The molecule has 0 spiro atoms. The molecule has 110 valence electrons. The molecule has 0 aromatic carbocycles. The van der Waals surface area contributed by atoms with Crippen LogP contribution in [0.4, 0.5) is 0 Å². The van der Waals surface area contributed by atoms with Crippen molar-refractivity contribution in [2.24, 2.45) is 5.73 Å². The van der Waals surface area contributed by atoms with Crippen LogP contribution in [-0.2, 0) is 4.74 Å². The van der Waals surface area contributed by atoms with Gasteiger partial charge in [-0.1, -0.05) is 6.42 Å². The number of hydrogen-bond donors (Lipinski definition) is 1. The standard InChI is InChI=1S/C15H29N3O/c16-12-15(6-11-19-13-15)18-9-4-14(5-10-18)17-7-2-1-3-8-17/h14H,1-13,16H2. The fourth-order valence-electron chi connectivity index (χ4n) is 4.12. The second-order valence-corrected chi connectivity index (χ2v) is 6.55. The first-order chi connectivity index (χ1) is 9.34. The molecule has 0 saturated carbocycles. The molecule has 0 aliphatic carbocycles. The quantitative estimate of drug-likeness (QED) is 0.830. The van der Waals surface area contributed by atoms with Crippen LogP contribution in [0.1, 0.15) is 38.5 Å². The molecular formula is C15H29N3O. The summed E-state index contributed by atoms with van der Waals surface area (Å²) in [4.78, 5) is 5.36. The summed E-state index contributed by atoms with van der Waals surface area (Å²) < 4.78 is 5.62. The van der Waals surface area contributed by atoms with E-state index >= 15 is 0 Å². The van der Waals surface area contributed by atoms with Crippen molar-refractivity contribution >= 4 is 0 Å². The Kier molecular flexibility index (Phi) is 4.42. The molecule has 0 aromatic heterocycles. The van der Waals surface area contributed by atoms with Crippen molar-refractivity contribution in [3.05, 3.63) is 0 Å². The largest absolute Gasteiger partial charge is 0.379 e. The van der Waals surface area contributed by atoms with Crippen LogP contribution in [0, 0.1) is 0 Å². The zero-order valence-electron chi connectivity index (χ0n) is 12.1. The molecule has 19 heavy (non-hydrogen) atoms.